The minimum absolute atomic E-state index is 0.0252. The van der Waals surface area contributed by atoms with Crippen molar-refractivity contribution in [3.05, 3.63) is 29.8 Å². The van der Waals surface area contributed by atoms with Gasteiger partial charge in [0, 0.05) is 10.8 Å². The maximum absolute atomic E-state index is 12.8. The van der Waals surface area contributed by atoms with Crippen LogP contribution in [0.15, 0.2) is 23.1 Å². The van der Waals surface area contributed by atoms with Gasteiger partial charge in [-0.15, -0.1) is 11.8 Å². The summed E-state index contributed by atoms with van der Waals surface area (Å²) < 4.78 is 25.4. The van der Waals surface area contributed by atoms with E-state index in [0.717, 1.165) is 12.1 Å². The Morgan fingerprint density at radius 2 is 2.00 bits per heavy atom. The number of Topliss-reactive ketones (excluding diaryl/α,β-unsaturated/α-hetero) is 1. The Balaban J connectivity index is 2.58. The lowest BCUT2D eigenvalue weighted by Gasteiger charge is -2.04. The number of hydrogen-bond acceptors (Lipinski definition) is 2. The Bertz CT molecular complexity index is 364. The van der Waals surface area contributed by atoms with E-state index in [1.54, 1.807) is 0 Å². The predicted octanol–water partition coefficient (Wildman–Crippen LogP) is 3.28. The highest BCUT2D eigenvalue weighted by molar-refractivity contribution is 8.00. The number of hydrogen-bond donors (Lipinski definition) is 0. The molecule has 4 heteroatoms. The number of thioether (sulfide) groups is 1. The molecule has 0 bridgehead atoms. The van der Waals surface area contributed by atoms with E-state index in [4.69, 9.17) is 0 Å². The third-order valence-electron chi connectivity index (χ3n) is 1.92. The van der Waals surface area contributed by atoms with Gasteiger partial charge in [-0.3, -0.25) is 4.79 Å². The Morgan fingerprint density at radius 1 is 1.33 bits per heavy atom. The fraction of sp³-hybridized carbons (Fsp3) is 0.364. The first-order valence-electron chi connectivity index (χ1n) is 4.61. The van der Waals surface area contributed by atoms with Gasteiger partial charge in [0.25, 0.3) is 0 Å². The highest BCUT2D eigenvalue weighted by Crippen LogP contribution is 2.21. The van der Waals surface area contributed by atoms with Crippen LogP contribution in [0.2, 0.25) is 0 Å². The van der Waals surface area contributed by atoms with E-state index in [1.165, 1.54) is 17.8 Å². The van der Waals surface area contributed by atoms with E-state index in [2.05, 4.69) is 0 Å². The molecule has 0 saturated heterocycles. The van der Waals surface area contributed by atoms with E-state index in [1.807, 2.05) is 13.8 Å². The molecule has 0 radical (unpaired) electrons. The average molecular weight is 230 g/mol. The van der Waals surface area contributed by atoms with Crippen molar-refractivity contribution in [1.29, 1.82) is 0 Å². The monoisotopic (exact) mass is 230 g/mol. The van der Waals surface area contributed by atoms with Crippen LogP contribution in [-0.2, 0) is 4.79 Å². The van der Waals surface area contributed by atoms with Crippen LogP contribution < -0.4 is 0 Å². The molecular weight excluding hydrogens is 218 g/mol. The molecule has 1 aromatic carbocycles. The van der Waals surface area contributed by atoms with Crippen molar-refractivity contribution in [2.24, 2.45) is 5.92 Å². The molecule has 0 aromatic heterocycles. The fourth-order valence-electron chi connectivity index (χ4n) is 0.888. The third-order valence-corrected chi connectivity index (χ3v) is 2.93. The molecule has 15 heavy (non-hydrogen) atoms. The van der Waals surface area contributed by atoms with Crippen LogP contribution >= 0.6 is 11.8 Å². The quantitative estimate of drug-likeness (QED) is 0.738. The van der Waals surface area contributed by atoms with Gasteiger partial charge in [-0.05, 0) is 18.2 Å². The van der Waals surface area contributed by atoms with E-state index >= 15 is 0 Å². The normalized spacial score (nSPS) is 10.7. The van der Waals surface area contributed by atoms with Gasteiger partial charge in [0.15, 0.2) is 11.6 Å². The van der Waals surface area contributed by atoms with Crippen LogP contribution in [0.5, 0.6) is 0 Å². The number of ketones is 1. The Kier molecular flexibility index (Phi) is 4.27. The summed E-state index contributed by atoms with van der Waals surface area (Å²) >= 11 is 1.22. The summed E-state index contributed by atoms with van der Waals surface area (Å²) in [4.78, 5) is 11.9. The summed E-state index contributed by atoms with van der Waals surface area (Å²) in [6.07, 6.45) is 0. The van der Waals surface area contributed by atoms with Crippen molar-refractivity contribution >= 4 is 17.5 Å². The summed E-state index contributed by atoms with van der Waals surface area (Å²) in [5, 5.41) is 0. The molecule has 0 fully saturated rings. The number of halogens is 2. The molecule has 0 amide bonds. The Hall–Kier alpha value is -0.900. The molecule has 0 aliphatic rings. The summed E-state index contributed by atoms with van der Waals surface area (Å²) in [5.41, 5.74) is 0. The van der Waals surface area contributed by atoms with Crippen molar-refractivity contribution < 1.29 is 13.6 Å². The molecule has 0 atom stereocenters. The smallest absolute Gasteiger partial charge is 0.159 e. The van der Waals surface area contributed by atoms with Gasteiger partial charge in [-0.25, -0.2) is 8.78 Å². The lowest BCUT2D eigenvalue weighted by molar-refractivity contribution is -0.119. The van der Waals surface area contributed by atoms with Crippen molar-refractivity contribution in [2.75, 3.05) is 5.75 Å². The standard InChI is InChI=1S/C11H12F2OS/c1-7(2)11(14)6-15-8-3-4-9(12)10(13)5-8/h3-5,7H,6H2,1-2H3. The zero-order valence-corrected chi connectivity index (χ0v) is 9.41. The number of benzene rings is 1. The molecule has 0 aliphatic carbocycles. The number of carbonyl (C=O) groups is 1. The van der Waals surface area contributed by atoms with Crippen LogP contribution in [0.1, 0.15) is 13.8 Å². The fourth-order valence-corrected chi connectivity index (χ4v) is 1.88. The number of rotatable bonds is 4. The van der Waals surface area contributed by atoms with E-state index in [0.29, 0.717) is 10.6 Å². The van der Waals surface area contributed by atoms with Gasteiger partial charge in [-0.2, -0.15) is 0 Å². The molecule has 0 saturated carbocycles. The number of carbonyl (C=O) groups excluding carboxylic acids is 1. The van der Waals surface area contributed by atoms with Crippen molar-refractivity contribution in [3.8, 4) is 0 Å². The SMILES string of the molecule is CC(C)C(=O)CSc1ccc(F)c(F)c1. The predicted molar refractivity (Wildman–Crippen MR) is 56.9 cm³/mol. The van der Waals surface area contributed by atoms with E-state index < -0.39 is 11.6 Å². The van der Waals surface area contributed by atoms with E-state index in [9.17, 15) is 13.6 Å². The zero-order chi connectivity index (χ0) is 11.4. The van der Waals surface area contributed by atoms with Gasteiger partial charge in [0.2, 0.25) is 0 Å². The zero-order valence-electron chi connectivity index (χ0n) is 8.59. The second-order valence-electron chi connectivity index (χ2n) is 3.49. The van der Waals surface area contributed by atoms with Gasteiger partial charge in [0.1, 0.15) is 5.78 Å². The van der Waals surface area contributed by atoms with Crippen LogP contribution in [0.4, 0.5) is 8.78 Å². The molecule has 0 aliphatic heterocycles. The first-order valence-corrected chi connectivity index (χ1v) is 5.60. The molecule has 0 N–H and O–H groups in total. The van der Waals surface area contributed by atoms with Gasteiger partial charge >= 0.3 is 0 Å². The second-order valence-corrected chi connectivity index (χ2v) is 4.53. The van der Waals surface area contributed by atoms with Gasteiger partial charge < -0.3 is 0 Å². The molecule has 0 spiro atoms. The lowest BCUT2D eigenvalue weighted by atomic mass is 10.1. The van der Waals surface area contributed by atoms with Crippen molar-refractivity contribution in [1.82, 2.24) is 0 Å². The summed E-state index contributed by atoms with van der Waals surface area (Å²) in [5.74, 6) is -1.37. The molecule has 0 unspecified atom stereocenters. The summed E-state index contributed by atoms with van der Waals surface area (Å²) in [6, 6.07) is 3.64. The second kappa shape index (κ2) is 5.26. The topological polar surface area (TPSA) is 17.1 Å². The van der Waals surface area contributed by atoms with Crippen LogP contribution in [0.3, 0.4) is 0 Å². The summed E-state index contributed by atoms with van der Waals surface area (Å²) in [7, 11) is 0. The first kappa shape index (κ1) is 12.2. The molecule has 0 heterocycles. The molecular formula is C11H12F2OS. The molecule has 1 nitrogen and oxygen atoms in total. The minimum atomic E-state index is -0.878. The van der Waals surface area contributed by atoms with Crippen molar-refractivity contribution in [3.63, 3.8) is 0 Å². The molecule has 1 rings (SSSR count). The van der Waals surface area contributed by atoms with Gasteiger partial charge in [0.05, 0.1) is 5.75 Å². The van der Waals surface area contributed by atoms with Crippen LogP contribution in [0, 0.1) is 17.6 Å². The highest BCUT2D eigenvalue weighted by Gasteiger charge is 2.09. The highest BCUT2D eigenvalue weighted by atomic mass is 32.2. The maximum Gasteiger partial charge on any atom is 0.159 e. The van der Waals surface area contributed by atoms with E-state index in [-0.39, 0.29) is 11.7 Å². The largest absolute Gasteiger partial charge is 0.298 e. The Labute approximate surface area is 91.9 Å². The van der Waals surface area contributed by atoms with Crippen molar-refractivity contribution in [2.45, 2.75) is 18.7 Å². The minimum Gasteiger partial charge on any atom is -0.298 e. The van der Waals surface area contributed by atoms with Crippen LogP contribution in [0.25, 0.3) is 0 Å². The average Bonchev–Trinajstić information content (AvgIpc) is 2.19. The molecule has 82 valence electrons. The Morgan fingerprint density at radius 3 is 2.53 bits per heavy atom. The third kappa shape index (κ3) is 3.63. The lowest BCUT2D eigenvalue weighted by Crippen LogP contribution is -2.09. The van der Waals surface area contributed by atoms with Gasteiger partial charge in [-0.1, -0.05) is 13.8 Å². The maximum atomic E-state index is 12.8. The first-order chi connectivity index (χ1) is 7.00. The molecule has 1 aromatic rings. The van der Waals surface area contributed by atoms with Crippen LogP contribution in [-0.4, -0.2) is 11.5 Å². The summed E-state index contributed by atoms with van der Waals surface area (Å²) in [6.45, 7) is 3.63.